The molecular formula is C17H20N4. The van der Waals surface area contributed by atoms with Gasteiger partial charge in [-0.3, -0.25) is 9.67 Å². The molecule has 2 heterocycles. The summed E-state index contributed by atoms with van der Waals surface area (Å²) < 4.78 is 1.85. The molecule has 2 aromatic heterocycles. The molecule has 0 aliphatic rings. The van der Waals surface area contributed by atoms with E-state index in [9.17, 15) is 0 Å². The molecular weight excluding hydrogens is 260 g/mol. The number of nitrogens with one attached hydrogen (secondary N) is 1. The first kappa shape index (κ1) is 13.8. The minimum Gasteiger partial charge on any atom is -0.306 e. The zero-order chi connectivity index (χ0) is 14.7. The smallest absolute Gasteiger partial charge is 0.0614 e. The fourth-order valence-corrected chi connectivity index (χ4v) is 2.67. The van der Waals surface area contributed by atoms with Crippen molar-refractivity contribution in [3.63, 3.8) is 0 Å². The first-order valence-electron chi connectivity index (χ1n) is 7.34. The highest BCUT2D eigenvalue weighted by Gasteiger charge is 2.17. The lowest BCUT2D eigenvalue weighted by molar-refractivity contribution is 0.601. The van der Waals surface area contributed by atoms with Crippen molar-refractivity contribution in [2.45, 2.75) is 19.4 Å². The predicted octanol–water partition coefficient (Wildman–Crippen LogP) is 3.06. The van der Waals surface area contributed by atoms with E-state index in [1.54, 1.807) is 0 Å². The maximum absolute atomic E-state index is 4.31. The third-order valence-corrected chi connectivity index (χ3v) is 3.69. The number of fused-ring (bicyclic) bond motifs is 1. The van der Waals surface area contributed by atoms with Crippen LogP contribution in [0.15, 0.2) is 49.1 Å². The average Bonchev–Trinajstić information content (AvgIpc) is 2.94. The van der Waals surface area contributed by atoms with E-state index in [4.69, 9.17) is 0 Å². The number of pyridine rings is 1. The second-order valence-corrected chi connectivity index (χ2v) is 5.28. The Balaban J connectivity index is 2.09. The van der Waals surface area contributed by atoms with Gasteiger partial charge >= 0.3 is 0 Å². The van der Waals surface area contributed by atoms with Crippen LogP contribution in [0.25, 0.3) is 10.8 Å². The van der Waals surface area contributed by atoms with Crippen LogP contribution in [-0.4, -0.2) is 21.3 Å². The molecule has 0 radical (unpaired) electrons. The molecule has 0 fully saturated rings. The molecule has 4 heteroatoms. The van der Waals surface area contributed by atoms with Gasteiger partial charge in [0, 0.05) is 36.6 Å². The molecule has 3 aromatic rings. The molecule has 4 nitrogen and oxygen atoms in total. The summed E-state index contributed by atoms with van der Waals surface area (Å²) in [6, 6.07) is 8.60. The first-order chi connectivity index (χ1) is 10.3. The van der Waals surface area contributed by atoms with Gasteiger partial charge in [-0.2, -0.15) is 5.10 Å². The van der Waals surface area contributed by atoms with Crippen molar-refractivity contribution in [3.8, 4) is 0 Å². The normalized spacial score (nSPS) is 12.7. The van der Waals surface area contributed by atoms with E-state index in [0.29, 0.717) is 0 Å². The van der Waals surface area contributed by atoms with Crippen molar-refractivity contribution >= 4 is 10.8 Å². The monoisotopic (exact) mass is 280 g/mol. The molecule has 21 heavy (non-hydrogen) atoms. The number of aryl methyl sites for hydroxylation is 1. The molecule has 1 N–H and O–H groups in total. The number of hydrogen-bond acceptors (Lipinski definition) is 3. The van der Waals surface area contributed by atoms with Crippen molar-refractivity contribution in [1.29, 1.82) is 0 Å². The molecule has 0 saturated heterocycles. The molecule has 0 amide bonds. The van der Waals surface area contributed by atoms with Gasteiger partial charge in [-0.15, -0.1) is 0 Å². The van der Waals surface area contributed by atoms with Crippen molar-refractivity contribution in [3.05, 3.63) is 60.2 Å². The van der Waals surface area contributed by atoms with Gasteiger partial charge in [0.2, 0.25) is 0 Å². The van der Waals surface area contributed by atoms with Crippen molar-refractivity contribution in [2.75, 3.05) is 6.54 Å². The van der Waals surface area contributed by atoms with Crippen LogP contribution in [0.3, 0.4) is 0 Å². The third-order valence-electron chi connectivity index (χ3n) is 3.69. The third kappa shape index (κ3) is 2.81. The van der Waals surface area contributed by atoms with Gasteiger partial charge in [-0.05, 0) is 30.0 Å². The molecule has 0 aliphatic heterocycles. The van der Waals surface area contributed by atoms with Crippen molar-refractivity contribution in [1.82, 2.24) is 20.1 Å². The molecule has 3 rings (SSSR count). The van der Waals surface area contributed by atoms with Gasteiger partial charge < -0.3 is 5.32 Å². The number of aromatic nitrogens is 3. The molecule has 0 saturated carbocycles. The summed E-state index contributed by atoms with van der Waals surface area (Å²) in [7, 11) is 1.95. The van der Waals surface area contributed by atoms with Crippen LogP contribution < -0.4 is 5.32 Å². The second kappa shape index (κ2) is 6.06. The van der Waals surface area contributed by atoms with Crippen LogP contribution in [0.4, 0.5) is 0 Å². The Labute approximate surface area is 124 Å². The summed E-state index contributed by atoms with van der Waals surface area (Å²) in [4.78, 5) is 4.29. The first-order valence-corrected chi connectivity index (χ1v) is 7.34. The largest absolute Gasteiger partial charge is 0.306 e. The minimum atomic E-state index is 0.145. The SMILES string of the molecule is CCCNC(c1cnn(C)c1)c1cccc2ccncc12. The van der Waals surface area contributed by atoms with E-state index in [2.05, 4.69) is 52.8 Å². The summed E-state index contributed by atoms with van der Waals surface area (Å²) in [5, 5.41) is 10.3. The predicted molar refractivity (Wildman–Crippen MR) is 85.1 cm³/mol. The van der Waals surface area contributed by atoms with Crippen LogP contribution in [0.5, 0.6) is 0 Å². The van der Waals surface area contributed by atoms with E-state index in [1.807, 2.05) is 30.3 Å². The Kier molecular flexibility index (Phi) is 3.97. The van der Waals surface area contributed by atoms with Crippen molar-refractivity contribution < 1.29 is 0 Å². The summed E-state index contributed by atoms with van der Waals surface area (Å²) in [5.74, 6) is 0. The Hall–Kier alpha value is -2.20. The molecule has 108 valence electrons. The van der Waals surface area contributed by atoms with Gasteiger partial charge in [0.15, 0.2) is 0 Å². The van der Waals surface area contributed by atoms with Gasteiger partial charge in [0.05, 0.1) is 12.2 Å². The number of nitrogens with zero attached hydrogens (tertiary/aromatic N) is 3. The lowest BCUT2D eigenvalue weighted by atomic mass is 9.96. The molecule has 0 bridgehead atoms. The Bertz CT molecular complexity index is 727. The van der Waals surface area contributed by atoms with E-state index >= 15 is 0 Å². The van der Waals surface area contributed by atoms with E-state index in [1.165, 1.54) is 21.9 Å². The highest BCUT2D eigenvalue weighted by molar-refractivity contribution is 5.85. The Morgan fingerprint density at radius 2 is 2.14 bits per heavy atom. The number of rotatable bonds is 5. The number of benzene rings is 1. The van der Waals surface area contributed by atoms with Crippen LogP contribution in [-0.2, 0) is 7.05 Å². The van der Waals surface area contributed by atoms with Gasteiger partial charge in [-0.25, -0.2) is 0 Å². The highest BCUT2D eigenvalue weighted by Crippen LogP contribution is 2.28. The van der Waals surface area contributed by atoms with Crippen LogP contribution in [0.2, 0.25) is 0 Å². The number of hydrogen-bond donors (Lipinski definition) is 1. The zero-order valence-electron chi connectivity index (χ0n) is 12.5. The minimum absolute atomic E-state index is 0.145. The molecule has 0 aliphatic carbocycles. The molecule has 0 spiro atoms. The van der Waals surface area contributed by atoms with E-state index in [-0.39, 0.29) is 6.04 Å². The topological polar surface area (TPSA) is 42.7 Å². The van der Waals surface area contributed by atoms with E-state index < -0.39 is 0 Å². The van der Waals surface area contributed by atoms with E-state index in [0.717, 1.165) is 13.0 Å². The molecule has 1 aromatic carbocycles. The zero-order valence-corrected chi connectivity index (χ0v) is 12.5. The van der Waals surface area contributed by atoms with Gasteiger partial charge in [0.1, 0.15) is 0 Å². The van der Waals surface area contributed by atoms with Crippen molar-refractivity contribution in [2.24, 2.45) is 7.05 Å². The molecule has 1 atom stereocenters. The quantitative estimate of drug-likeness (QED) is 0.781. The van der Waals surface area contributed by atoms with Crippen LogP contribution in [0.1, 0.15) is 30.5 Å². The summed E-state index contributed by atoms with van der Waals surface area (Å²) in [6.07, 6.45) is 8.89. The maximum atomic E-state index is 4.31. The summed E-state index contributed by atoms with van der Waals surface area (Å²) in [6.45, 7) is 3.15. The fourth-order valence-electron chi connectivity index (χ4n) is 2.67. The molecule has 1 unspecified atom stereocenters. The van der Waals surface area contributed by atoms with Gasteiger partial charge in [-0.1, -0.05) is 25.1 Å². The highest BCUT2D eigenvalue weighted by atomic mass is 15.2. The van der Waals surface area contributed by atoms with Crippen LogP contribution >= 0.6 is 0 Å². The average molecular weight is 280 g/mol. The fraction of sp³-hybridized carbons (Fsp3) is 0.294. The lowest BCUT2D eigenvalue weighted by Crippen LogP contribution is -2.23. The Morgan fingerprint density at radius 3 is 2.90 bits per heavy atom. The standard InChI is InChI=1S/C17H20N4/c1-3-8-19-17(14-10-20-21(2)12-14)15-6-4-5-13-7-9-18-11-16(13)15/h4-7,9-12,17,19H,3,8H2,1-2H3. The van der Waals surface area contributed by atoms with Crippen LogP contribution in [0, 0.1) is 0 Å². The second-order valence-electron chi connectivity index (χ2n) is 5.28. The lowest BCUT2D eigenvalue weighted by Gasteiger charge is -2.19. The van der Waals surface area contributed by atoms with Gasteiger partial charge in [0.25, 0.3) is 0 Å². The summed E-state index contributed by atoms with van der Waals surface area (Å²) >= 11 is 0. The Morgan fingerprint density at radius 1 is 1.24 bits per heavy atom. The maximum Gasteiger partial charge on any atom is 0.0614 e. The summed E-state index contributed by atoms with van der Waals surface area (Å²) in [5.41, 5.74) is 2.43.